The highest BCUT2D eigenvalue weighted by Gasteiger charge is 1.97. The van der Waals surface area contributed by atoms with Crippen molar-refractivity contribution in [3.63, 3.8) is 0 Å². The maximum Gasteiger partial charge on any atom is 0.0535 e. The first-order valence-electron chi connectivity index (χ1n) is 2.32. The zero-order valence-electron chi connectivity index (χ0n) is 5.10. The second kappa shape index (κ2) is 4.47. The van der Waals surface area contributed by atoms with Crippen molar-refractivity contribution in [1.82, 2.24) is 0 Å². The summed E-state index contributed by atoms with van der Waals surface area (Å²) < 4.78 is 0. The monoisotopic (exact) mass is 122 g/mol. The molecule has 0 aliphatic rings. The van der Waals surface area contributed by atoms with Crippen LogP contribution in [-0.4, -0.2) is 11.2 Å². The molecule has 46 valence electrons. The first-order valence-corrected chi connectivity index (χ1v) is 2.32. The van der Waals surface area contributed by atoms with Gasteiger partial charge in [0.25, 0.3) is 0 Å². The van der Waals surface area contributed by atoms with E-state index >= 15 is 0 Å². The van der Waals surface area contributed by atoms with E-state index in [1.807, 2.05) is 13.8 Å². The lowest BCUT2D eigenvalue weighted by atomic mass is 10.1. The summed E-state index contributed by atoms with van der Waals surface area (Å²) in [5.41, 5.74) is 0. The molecule has 0 spiro atoms. The number of hydrogen-bond donors (Lipinski definition) is 1. The fourth-order valence-electron chi connectivity index (χ4n) is 0. The Bertz CT molecular complexity index is 29.1. The Balaban J connectivity index is 0. The fourth-order valence-corrected chi connectivity index (χ4v) is 0. The van der Waals surface area contributed by atoms with E-state index in [9.17, 15) is 0 Å². The summed E-state index contributed by atoms with van der Waals surface area (Å²) in [4.78, 5) is 0. The van der Waals surface area contributed by atoms with Gasteiger partial charge in [0.05, 0.1) is 6.10 Å². The lowest BCUT2D eigenvalue weighted by Crippen LogP contribution is -2.07. The van der Waals surface area contributed by atoms with E-state index in [1.165, 1.54) is 0 Å². The topological polar surface area (TPSA) is 20.2 Å². The largest absolute Gasteiger partial charge is 0.393 e. The Morgan fingerprint density at radius 2 is 1.29 bits per heavy atom. The zero-order chi connectivity index (χ0) is 5.15. The van der Waals surface area contributed by atoms with E-state index in [0.29, 0.717) is 5.92 Å². The van der Waals surface area contributed by atoms with Gasteiger partial charge < -0.3 is 5.11 Å². The minimum Gasteiger partial charge on any atom is -0.393 e. The van der Waals surface area contributed by atoms with Gasteiger partial charge in [-0.2, -0.15) is 13.5 Å². The molecule has 0 amide bonds. The van der Waals surface area contributed by atoms with Gasteiger partial charge in [-0.25, -0.2) is 0 Å². The van der Waals surface area contributed by atoms with E-state index in [2.05, 4.69) is 0 Å². The van der Waals surface area contributed by atoms with Gasteiger partial charge >= 0.3 is 0 Å². The van der Waals surface area contributed by atoms with Crippen LogP contribution in [0.25, 0.3) is 0 Å². The van der Waals surface area contributed by atoms with Crippen LogP contribution in [0.5, 0.6) is 0 Å². The normalized spacial score (nSPS) is 13.3. The van der Waals surface area contributed by atoms with E-state index in [-0.39, 0.29) is 19.6 Å². The second-order valence-electron chi connectivity index (χ2n) is 1.98. The zero-order valence-corrected chi connectivity index (χ0v) is 6.10. The molecule has 2 heteroatoms. The van der Waals surface area contributed by atoms with E-state index in [1.54, 1.807) is 6.92 Å². The van der Waals surface area contributed by atoms with Crippen LogP contribution in [0.2, 0.25) is 0 Å². The van der Waals surface area contributed by atoms with Gasteiger partial charge in [0, 0.05) is 0 Å². The molecule has 0 rings (SSSR count). The Morgan fingerprint density at radius 3 is 1.29 bits per heavy atom. The quantitative estimate of drug-likeness (QED) is 0.553. The molecule has 0 aromatic carbocycles. The standard InChI is InChI=1S/C5H12O.H2S/c1-4(2)5(3)6;/h4-6H,1-3H3;1H2/t5-;/m0./s1. The molecule has 7 heavy (non-hydrogen) atoms. The molecule has 0 aromatic heterocycles. The predicted octanol–water partition coefficient (Wildman–Crippen LogP) is 1.14. The van der Waals surface area contributed by atoms with E-state index in [0.717, 1.165) is 0 Å². The smallest absolute Gasteiger partial charge is 0.0535 e. The lowest BCUT2D eigenvalue weighted by Gasteiger charge is -2.04. The Hall–Kier alpha value is 0.310. The minimum atomic E-state index is -0.148. The Kier molecular flexibility index (Phi) is 6.59. The summed E-state index contributed by atoms with van der Waals surface area (Å²) in [5.74, 6) is 0.407. The molecule has 1 atom stereocenters. The van der Waals surface area contributed by atoms with Crippen LogP contribution >= 0.6 is 13.5 Å². The average molecular weight is 122 g/mol. The molecule has 0 saturated heterocycles. The summed E-state index contributed by atoms with van der Waals surface area (Å²) in [6, 6.07) is 0. The van der Waals surface area contributed by atoms with Gasteiger partial charge in [-0.1, -0.05) is 13.8 Å². The first kappa shape index (κ1) is 10.3. The molecular weight excluding hydrogens is 108 g/mol. The van der Waals surface area contributed by atoms with Crippen LogP contribution in [0.1, 0.15) is 20.8 Å². The van der Waals surface area contributed by atoms with E-state index < -0.39 is 0 Å². The Labute approximate surface area is 52.2 Å². The summed E-state index contributed by atoms with van der Waals surface area (Å²) in [7, 11) is 0. The van der Waals surface area contributed by atoms with Gasteiger partial charge in [-0.05, 0) is 12.8 Å². The highest BCUT2D eigenvalue weighted by molar-refractivity contribution is 7.59. The number of hydrogen-bond acceptors (Lipinski definition) is 1. The van der Waals surface area contributed by atoms with Gasteiger partial charge in [-0.3, -0.25) is 0 Å². The molecular formula is C5H14OS. The van der Waals surface area contributed by atoms with Gasteiger partial charge in [0.15, 0.2) is 0 Å². The van der Waals surface area contributed by atoms with Gasteiger partial charge in [0.1, 0.15) is 0 Å². The Morgan fingerprint density at radius 1 is 1.14 bits per heavy atom. The molecule has 0 heterocycles. The average Bonchev–Trinajstić information content (AvgIpc) is 1.36. The highest BCUT2D eigenvalue weighted by Crippen LogP contribution is 1.96. The summed E-state index contributed by atoms with van der Waals surface area (Å²) in [5, 5.41) is 8.63. The third-order valence-electron chi connectivity index (χ3n) is 0.965. The summed E-state index contributed by atoms with van der Waals surface area (Å²) in [6.45, 7) is 5.78. The van der Waals surface area contributed by atoms with Gasteiger partial charge in [-0.15, -0.1) is 0 Å². The number of aliphatic hydroxyl groups is 1. The lowest BCUT2D eigenvalue weighted by molar-refractivity contribution is 0.144. The third-order valence-corrected chi connectivity index (χ3v) is 0.965. The fraction of sp³-hybridized carbons (Fsp3) is 1.00. The SMILES string of the molecule is CC(C)[C@H](C)O.S. The molecule has 0 unspecified atom stereocenters. The van der Waals surface area contributed by atoms with Crippen LogP contribution < -0.4 is 0 Å². The van der Waals surface area contributed by atoms with Gasteiger partial charge in [0.2, 0.25) is 0 Å². The van der Waals surface area contributed by atoms with Crippen molar-refractivity contribution in [2.75, 3.05) is 0 Å². The van der Waals surface area contributed by atoms with Crippen molar-refractivity contribution in [2.24, 2.45) is 5.92 Å². The van der Waals surface area contributed by atoms with Crippen molar-refractivity contribution in [3.8, 4) is 0 Å². The molecule has 0 fully saturated rings. The second-order valence-corrected chi connectivity index (χ2v) is 1.98. The molecule has 0 saturated carbocycles. The number of rotatable bonds is 1. The highest BCUT2D eigenvalue weighted by atomic mass is 32.1. The molecule has 0 aliphatic heterocycles. The number of aliphatic hydroxyl groups excluding tert-OH is 1. The first-order chi connectivity index (χ1) is 2.64. The molecule has 0 aliphatic carbocycles. The van der Waals surface area contributed by atoms with Crippen LogP contribution in [-0.2, 0) is 0 Å². The van der Waals surface area contributed by atoms with Crippen LogP contribution in [0.4, 0.5) is 0 Å². The van der Waals surface area contributed by atoms with Crippen molar-refractivity contribution in [2.45, 2.75) is 26.9 Å². The third kappa shape index (κ3) is 6.31. The molecule has 0 radical (unpaired) electrons. The van der Waals surface area contributed by atoms with Crippen molar-refractivity contribution in [3.05, 3.63) is 0 Å². The molecule has 0 aromatic rings. The predicted molar refractivity (Wildman–Crippen MR) is 36.9 cm³/mol. The summed E-state index contributed by atoms with van der Waals surface area (Å²) >= 11 is 0. The van der Waals surface area contributed by atoms with E-state index in [4.69, 9.17) is 5.11 Å². The van der Waals surface area contributed by atoms with Crippen molar-refractivity contribution >= 4 is 13.5 Å². The maximum atomic E-state index is 8.63. The van der Waals surface area contributed by atoms with Crippen LogP contribution in [0.15, 0.2) is 0 Å². The molecule has 1 N–H and O–H groups in total. The maximum absolute atomic E-state index is 8.63. The van der Waals surface area contributed by atoms with Crippen molar-refractivity contribution in [1.29, 1.82) is 0 Å². The molecule has 0 bridgehead atoms. The minimum absolute atomic E-state index is 0. The molecule has 1 nitrogen and oxygen atoms in total. The van der Waals surface area contributed by atoms with Crippen LogP contribution in [0.3, 0.4) is 0 Å². The summed E-state index contributed by atoms with van der Waals surface area (Å²) in [6.07, 6.45) is -0.148. The van der Waals surface area contributed by atoms with Crippen LogP contribution in [0, 0.1) is 5.92 Å². The van der Waals surface area contributed by atoms with Crippen molar-refractivity contribution < 1.29 is 5.11 Å².